The van der Waals surface area contributed by atoms with Crippen LogP contribution in [0.4, 0.5) is 0 Å². The zero-order chi connectivity index (χ0) is 19.2. The Morgan fingerprint density at radius 3 is 2.71 bits per heavy atom. The average molecular weight is 397 g/mol. The number of nitrogens with one attached hydrogen (secondary N) is 2. The molecule has 0 spiro atoms. The monoisotopic (exact) mass is 396 g/mol. The van der Waals surface area contributed by atoms with Gasteiger partial charge in [-0.3, -0.25) is 9.69 Å². The minimum Gasteiger partial charge on any atom is -0.379 e. The third-order valence-electron chi connectivity index (χ3n) is 4.78. The van der Waals surface area contributed by atoms with Crippen molar-refractivity contribution in [2.75, 3.05) is 39.4 Å². The minimum atomic E-state index is -0.0234. The number of amides is 1. The molecule has 1 aromatic heterocycles. The van der Waals surface area contributed by atoms with Crippen molar-refractivity contribution in [1.82, 2.24) is 20.2 Å². The lowest BCUT2D eigenvalue weighted by Crippen LogP contribution is -2.41. The molecule has 2 heterocycles. The minimum absolute atomic E-state index is 0.0234. The summed E-state index contributed by atoms with van der Waals surface area (Å²) in [4.78, 5) is 22.5. The lowest BCUT2D eigenvalue weighted by Gasteiger charge is -2.26. The number of carbonyl (C=O) groups is 1. The first-order chi connectivity index (χ1) is 13.8. The topological polar surface area (TPSA) is 70.2 Å². The van der Waals surface area contributed by atoms with Crippen LogP contribution < -0.4 is 5.32 Å². The van der Waals surface area contributed by atoms with Gasteiger partial charge in [0.2, 0.25) is 0 Å². The fourth-order valence-electron chi connectivity index (χ4n) is 3.16. The van der Waals surface area contributed by atoms with Gasteiger partial charge in [0.1, 0.15) is 0 Å². The fourth-order valence-corrected chi connectivity index (χ4v) is 4.00. The van der Waals surface area contributed by atoms with Crippen molar-refractivity contribution in [1.29, 1.82) is 0 Å². The summed E-state index contributed by atoms with van der Waals surface area (Å²) >= 11 is 1.66. The second-order valence-electron chi connectivity index (χ2n) is 6.75. The van der Waals surface area contributed by atoms with Gasteiger partial charge in [-0.25, -0.2) is 4.98 Å². The molecule has 1 aliphatic heterocycles. The van der Waals surface area contributed by atoms with E-state index in [9.17, 15) is 4.79 Å². The molecule has 0 saturated carbocycles. The normalized spacial score (nSPS) is 15.0. The maximum Gasteiger partial charge on any atom is 0.251 e. The quantitative estimate of drug-likeness (QED) is 0.601. The average Bonchev–Trinajstić information content (AvgIpc) is 3.16. The Balaban J connectivity index is 1.25. The van der Waals surface area contributed by atoms with Gasteiger partial charge in [0, 0.05) is 37.5 Å². The zero-order valence-electron chi connectivity index (χ0n) is 15.7. The van der Waals surface area contributed by atoms with Crippen molar-refractivity contribution in [3.63, 3.8) is 0 Å². The number of H-pyrrole nitrogens is 1. The van der Waals surface area contributed by atoms with E-state index in [-0.39, 0.29) is 5.91 Å². The largest absolute Gasteiger partial charge is 0.379 e. The van der Waals surface area contributed by atoms with E-state index < -0.39 is 0 Å². The molecule has 1 aliphatic rings. The summed E-state index contributed by atoms with van der Waals surface area (Å²) in [7, 11) is 0. The molecule has 28 heavy (non-hydrogen) atoms. The first-order valence-corrected chi connectivity index (χ1v) is 10.5. The number of aromatic nitrogens is 2. The van der Waals surface area contributed by atoms with E-state index in [1.807, 2.05) is 48.5 Å². The van der Waals surface area contributed by atoms with Crippen LogP contribution in [0.5, 0.6) is 0 Å². The van der Waals surface area contributed by atoms with E-state index in [4.69, 9.17) is 4.74 Å². The molecule has 7 heteroatoms. The highest BCUT2D eigenvalue weighted by molar-refractivity contribution is 7.98. The fraction of sp³-hybridized carbons (Fsp3) is 0.333. The Morgan fingerprint density at radius 2 is 1.93 bits per heavy atom. The molecule has 0 atom stereocenters. The van der Waals surface area contributed by atoms with Crippen LogP contribution in [0.25, 0.3) is 11.0 Å². The van der Waals surface area contributed by atoms with Crippen molar-refractivity contribution in [3.8, 4) is 0 Å². The molecule has 1 saturated heterocycles. The molecule has 2 aromatic carbocycles. The number of morpholine rings is 1. The maximum absolute atomic E-state index is 12.3. The number of fused-ring (bicyclic) bond motifs is 1. The highest BCUT2D eigenvalue weighted by Crippen LogP contribution is 2.23. The zero-order valence-corrected chi connectivity index (χ0v) is 16.5. The number of nitrogens with zero attached hydrogens (tertiary/aromatic N) is 2. The van der Waals surface area contributed by atoms with Gasteiger partial charge in [0.05, 0.1) is 24.2 Å². The lowest BCUT2D eigenvalue weighted by molar-refractivity contribution is 0.0383. The van der Waals surface area contributed by atoms with Gasteiger partial charge in [-0.2, -0.15) is 0 Å². The van der Waals surface area contributed by atoms with Crippen LogP contribution in [0.15, 0.2) is 53.7 Å². The summed E-state index contributed by atoms with van der Waals surface area (Å²) in [5.74, 6) is 0.781. The van der Waals surface area contributed by atoms with E-state index in [0.717, 1.165) is 60.4 Å². The van der Waals surface area contributed by atoms with Crippen LogP contribution in [0.3, 0.4) is 0 Å². The highest BCUT2D eigenvalue weighted by atomic mass is 32.2. The second-order valence-corrected chi connectivity index (χ2v) is 7.72. The molecule has 4 rings (SSSR count). The van der Waals surface area contributed by atoms with E-state index in [1.165, 1.54) is 0 Å². The Kier molecular flexibility index (Phi) is 6.26. The third-order valence-corrected chi connectivity index (χ3v) is 5.72. The summed E-state index contributed by atoms with van der Waals surface area (Å²) in [6, 6.07) is 15.8. The Labute approximate surface area is 168 Å². The number of ether oxygens (including phenoxy) is 1. The molecule has 0 unspecified atom stereocenters. The molecule has 1 fully saturated rings. The molecule has 0 radical (unpaired) electrons. The number of hydrogen-bond acceptors (Lipinski definition) is 5. The van der Waals surface area contributed by atoms with Crippen molar-refractivity contribution in [3.05, 3.63) is 59.7 Å². The molecular weight excluding hydrogens is 372 g/mol. The van der Waals surface area contributed by atoms with Gasteiger partial charge in [-0.15, -0.1) is 0 Å². The predicted octanol–water partition coefficient (Wildman–Crippen LogP) is 2.92. The van der Waals surface area contributed by atoms with E-state index in [2.05, 4.69) is 20.2 Å². The van der Waals surface area contributed by atoms with Crippen molar-refractivity contribution in [2.45, 2.75) is 10.9 Å². The summed E-state index contributed by atoms with van der Waals surface area (Å²) in [6.07, 6.45) is 0. The number of para-hydroxylation sites is 2. The summed E-state index contributed by atoms with van der Waals surface area (Å²) in [5.41, 5.74) is 3.89. The van der Waals surface area contributed by atoms with Gasteiger partial charge >= 0.3 is 0 Å². The number of imidazole rings is 1. The number of hydrogen-bond donors (Lipinski definition) is 2. The molecule has 146 valence electrons. The van der Waals surface area contributed by atoms with Gasteiger partial charge in [0.15, 0.2) is 5.16 Å². The molecule has 3 aromatic rings. The standard InChI is InChI=1S/C21H24N4O2S/c26-20(22-9-10-25-11-13-27-14-12-25)17-7-5-16(6-8-17)15-28-21-23-18-3-1-2-4-19(18)24-21/h1-8H,9-15H2,(H,22,26)(H,23,24). The number of rotatable bonds is 7. The Morgan fingerprint density at radius 1 is 1.14 bits per heavy atom. The lowest BCUT2D eigenvalue weighted by atomic mass is 10.1. The number of aromatic amines is 1. The smallest absolute Gasteiger partial charge is 0.251 e. The summed E-state index contributed by atoms with van der Waals surface area (Å²) in [5, 5.41) is 3.91. The van der Waals surface area contributed by atoms with Crippen LogP contribution in [0.1, 0.15) is 15.9 Å². The molecule has 0 aliphatic carbocycles. The van der Waals surface area contributed by atoms with Gasteiger partial charge < -0.3 is 15.0 Å². The van der Waals surface area contributed by atoms with Gasteiger partial charge in [0.25, 0.3) is 5.91 Å². The summed E-state index contributed by atoms with van der Waals surface area (Å²) in [6.45, 7) is 4.95. The molecule has 0 bridgehead atoms. The van der Waals surface area contributed by atoms with E-state index >= 15 is 0 Å². The van der Waals surface area contributed by atoms with Crippen LogP contribution in [0.2, 0.25) is 0 Å². The third kappa shape index (κ3) is 4.92. The van der Waals surface area contributed by atoms with E-state index in [1.54, 1.807) is 11.8 Å². The van der Waals surface area contributed by atoms with Crippen molar-refractivity contribution in [2.24, 2.45) is 0 Å². The second kappa shape index (κ2) is 9.23. The Bertz CT molecular complexity index is 887. The van der Waals surface area contributed by atoms with Gasteiger partial charge in [-0.1, -0.05) is 36.0 Å². The van der Waals surface area contributed by atoms with Crippen molar-refractivity contribution >= 4 is 28.7 Å². The molecule has 1 amide bonds. The number of thioether (sulfide) groups is 1. The number of carbonyl (C=O) groups excluding carboxylic acids is 1. The van der Waals surface area contributed by atoms with E-state index in [0.29, 0.717) is 12.1 Å². The highest BCUT2D eigenvalue weighted by Gasteiger charge is 2.11. The first kappa shape index (κ1) is 19.0. The molecule has 2 N–H and O–H groups in total. The summed E-state index contributed by atoms with van der Waals surface area (Å²) < 4.78 is 5.33. The van der Waals surface area contributed by atoms with Crippen LogP contribution in [-0.4, -0.2) is 60.2 Å². The van der Waals surface area contributed by atoms with Gasteiger partial charge in [-0.05, 0) is 29.8 Å². The SMILES string of the molecule is O=C(NCCN1CCOCC1)c1ccc(CSc2nc3ccccc3[nH]2)cc1. The number of benzene rings is 2. The first-order valence-electron chi connectivity index (χ1n) is 9.53. The predicted molar refractivity (Wildman–Crippen MR) is 112 cm³/mol. The molecular formula is C21H24N4O2S. The van der Waals surface area contributed by atoms with Crippen LogP contribution in [0, 0.1) is 0 Å². The van der Waals surface area contributed by atoms with Crippen molar-refractivity contribution < 1.29 is 9.53 Å². The Hall–Kier alpha value is -2.35. The van der Waals surface area contributed by atoms with Crippen LogP contribution in [-0.2, 0) is 10.5 Å². The van der Waals surface area contributed by atoms with Crippen LogP contribution >= 0.6 is 11.8 Å². The maximum atomic E-state index is 12.3. The molecule has 6 nitrogen and oxygen atoms in total.